The summed E-state index contributed by atoms with van der Waals surface area (Å²) in [5.74, 6) is 0.0222. The minimum absolute atomic E-state index is 0.687. The molecule has 4 heteroatoms. The maximum Gasteiger partial charge on any atom is 0.314 e. The van der Waals surface area contributed by atoms with E-state index < -0.39 is 11.4 Å². The zero-order chi connectivity index (χ0) is 14.2. The Morgan fingerprint density at radius 3 is 2.60 bits per heavy atom. The summed E-state index contributed by atoms with van der Waals surface area (Å²) in [4.78, 5) is 14.4. The monoisotopic (exact) mass is 275 g/mol. The van der Waals surface area contributed by atoms with Crippen LogP contribution in [0.2, 0.25) is 0 Å². The van der Waals surface area contributed by atoms with Gasteiger partial charge in [0.1, 0.15) is 5.75 Å². The van der Waals surface area contributed by atoms with Gasteiger partial charge in [-0.2, -0.15) is 0 Å². The third-order valence-electron chi connectivity index (χ3n) is 4.75. The Balaban J connectivity index is 1.86. The smallest absolute Gasteiger partial charge is 0.314 e. The second-order valence-electron chi connectivity index (χ2n) is 5.89. The first-order valence-electron chi connectivity index (χ1n) is 7.28. The molecule has 20 heavy (non-hydrogen) atoms. The highest BCUT2D eigenvalue weighted by atomic mass is 16.5. The van der Waals surface area contributed by atoms with Gasteiger partial charge in [0, 0.05) is 6.04 Å². The summed E-state index contributed by atoms with van der Waals surface area (Å²) in [5.41, 5.74) is 0.125. The van der Waals surface area contributed by atoms with E-state index in [1.807, 2.05) is 24.3 Å². The second-order valence-corrected chi connectivity index (χ2v) is 5.89. The number of piperidine rings is 1. The van der Waals surface area contributed by atoms with E-state index in [2.05, 4.69) is 4.90 Å². The van der Waals surface area contributed by atoms with Crippen LogP contribution in [-0.2, 0) is 10.2 Å². The SMILES string of the molecule is COc1cccc(C2(C(=O)O)CCN(C3CC3)CC2)c1. The molecule has 1 saturated carbocycles. The van der Waals surface area contributed by atoms with E-state index in [4.69, 9.17) is 4.74 Å². The molecule has 1 aliphatic heterocycles. The number of aliphatic carboxylic acids is 1. The third kappa shape index (κ3) is 2.29. The van der Waals surface area contributed by atoms with Crippen LogP contribution < -0.4 is 4.74 Å². The highest BCUT2D eigenvalue weighted by molar-refractivity contribution is 5.81. The molecule has 1 heterocycles. The number of benzene rings is 1. The van der Waals surface area contributed by atoms with Gasteiger partial charge in [-0.1, -0.05) is 12.1 Å². The fourth-order valence-corrected chi connectivity index (χ4v) is 3.26. The van der Waals surface area contributed by atoms with Crippen molar-refractivity contribution in [2.45, 2.75) is 37.1 Å². The van der Waals surface area contributed by atoms with Crippen LogP contribution in [0.1, 0.15) is 31.2 Å². The van der Waals surface area contributed by atoms with E-state index in [9.17, 15) is 9.90 Å². The van der Waals surface area contributed by atoms with Gasteiger partial charge in [0.15, 0.2) is 0 Å². The number of likely N-dealkylation sites (tertiary alicyclic amines) is 1. The van der Waals surface area contributed by atoms with E-state index >= 15 is 0 Å². The van der Waals surface area contributed by atoms with E-state index in [-0.39, 0.29) is 0 Å². The summed E-state index contributed by atoms with van der Waals surface area (Å²) in [7, 11) is 1.61. The Kier molecular flexibility index (Phi) is 3.42. The first kappa shape index (κ1) is 13.4. The van der Waals surface area contributed by atoms with Crippen molar-refractivity contribution >= 4 is 5.97 Å². The molecule has 108 valence electrons. The van der Waals surface area contributed by atoms with Crippen LogP contribution in [0.4, 0.5) is 0 Å². The Bertz CT molecular complexity index is 502. The standard InChI is InChI=1S/C16H21NO3/c1-20-14-4-2-3-12(11-14)16(15(18)19)7-9-17(10-8-16)13-5-6-13/h2-4,11,13H,5-10H2,1H3,(H,18,19). The van der Waals surface area contributed by atoms with Gasteiger partial charge in [-0.05, 0) is 56.5 Å². The molecule has 2 fully saturated rings. The topological polar surface area (TPSA) is 49.8 Å². The number of hydrogen-bond acceptors (Lipinski definition) is 3. The normalized spacial score (nSPS) is 22.4. The van der Waals surface area contributed by atoms with Gasteiger partial charge in [-0.15, -0.1) is 0 Å². The van der Waals surface area contributed by atoms with Crippen LogP contribution in [0, 0.1) is 0 Å². The number of rotatable bonds is 4. The van der Waals surface area contributed by atoms with E-state index in [1.165, 1.54) is 12.8 Å². The molecule has 1 aromatic rings. The van der Waals surface area contributed by atoms with Crippen LogP contribution in [0.5, 0.6) is 5.75 Å². The van der Waals surface area contributed by atoms with Gasteiger partial charge >= 0.3 is 5.97 Å². The molecule has 0 spiro atoms. The minimum Gasteiger partial charge on any atom is -0.497 e. The van der Waals surface area contributed by atoms with Gasteiger partial charge in [-0.3, -0.25) is 4.79 Å². The number of carboxylic acid groups (broad SMARTS) is 1. The van der Waals surface area contributed by atoms with Crippen molar-refractivity contribution in [3.05, 3.63) is 29.8 Å². The summed E-state index contributed by atoms with van der Waals surface area (Å²) in [6.45, 7) is 1.77. The fourth-order valence-electron chi connectivity index (χ4n) is 3.26. The highest BCUT2D eigenvalue weighted by Crippen LogP contribution is 2.40. The summed E-state index contributed by atoms with van der Waals surface area (Å²) < 4.78 is 5.24. The van der Waals surface area contributed by atoms with Gasteiger partial charge in [0.25, 0.3) is 0 Å². The minimum atomic E-state index is -0.750. The molecule has 0 atom stereocenters. The number of carboxylic acids is 1. The molecule has 0 bridgehead atoms. The molecule has 1 aliphatic carbocycles. The van der Waals surface area contributed by atoms with Crippen molar-refractivity contribution in [2.75, 3.05) is 20.2 Å². The number of ether oxygens (including phenoxy) is 1. The molecule has 0 aromatic heterocycles. The lowest BCUT2D eigenvalue weighted by molar-refractivity contribution is -0.146. The molecule has 3 rings (SSSR count). The van der Waals surface area contributed by atoms with E-state index in [1.54, 1.807) is 7.11 Å². The maximum atomic E-state index is 11.9. The molecule has 2 aliphatic rings. The van der Waals surface area contributed by atoms with Crippen molar-refractivity contribution in [3.8, 4) is 5.75 Å². The van der Waals surface area contributed by atoms with Crippen molar-refractivity contribution in [2.24, 2.45) is 0 Å². The average molecular weight is 275 g/mol. The molecular weight excluding hydrogens is 254 g/mol. The number of methoxy groups -OCH3 is 1. The highest BCUT2D eigenvalue weighted by Gasteiger charge is 2.45. The number of carbonyl (C=O) groups is 1. The van der Waals surface area contributed by atoms with Crippen LogP contribution >= 0.6 is 0 Å². The van der Waals surface area contributed by atoms with Gasteiger partial charge < -0.3 is 14.7 Å². The second kappa shape index (κ2) is 5.09. The van der Waals surface area contributed by atoms with Gasteiger partial charge in [-0.25, -0.2) is 0 Å². The van der Waals surface area contributed by atoms with Crippen LogP contribution in [0.15, 0.2) is 24.3 Å². The maximum absolute atomic E-state index is 11.9. The quantitative estimate of drug-likeness (QED) is 0.916. The zero-order valence-corrected chi connectivity index (χ0v) is 11.8. The van der Waals surface area contributed by atoms with E-state index in [0.29, 0.717) is 18.9 Å². The van der Waals surface area contributed by atoms with Crippen LogP contribution in [0.25, 0.3) is 0 Å². The van der Waals surface area contributed by atoms with Crippen LogP contribution in [0.3, 0.4) is 0 Å². The largest absolute Gasteiger partial charge is 0.497 e. The van der Waals surface area contributed by atoms with Crippen molar-refractivity contribution in [1.82, 2.24) is 4.90 Å². The van der Waals surface area contributed by atoms with E-state index in [0.717, 1.165) is 24.4 Å². The molecule has 0 radical (unpaired) electrons. The first-order valence-corrected chi connectivity index (χ1v) is 7.28. The molecule has 1 aromatic carbocycles. The molecule has 1 saturated heterocycles. The van der Waals surface area contributed by atoms with Crippen molar-refractivity contribution < 1.29 is 14.6 Å². The summed E-state index contributed by atoms with van der Waals surface area (Å²) in [6.07, 6.45) is 3.93. The lowest BCUT2D eigenvalue weighted by atomic mass is 9.72. The Morgan fingerprint density at radius 1 is 1.35 bits per heavy atom. The molecule has 0 amide bonds. The number of nitrogens with zero attached hydrogens (tertiary/aromatic N) is 1. The van der Waals surface area contributed by atoms with Crippen molar-refractivity contribution in [1.29, 1.82) is 0 Å². The lowest BCUT2D eigenvalue weighted by Gasteiger charge is -2.39. The van der Waals surface area contributed by atoms with Crippen molar-refractivity contribution in [3.63, 3.8) is 0 Å². The Hall–Kier alpha value is -1.55. The molecule has 0 unspecified atom stereocenters. The Labute approximate surface area is 119 Å². The Morgan fingerprint density at radius 2 is 2.05 bits per heavy atom. The predicted octanol–water partition coefficient (Wildman–Crippen LogP) is 2.28. The average Bonchev–Trinajstić information content (AvgIpc) is 3.32. The summed E-state index contributed by atoms with van der Waals surface area (Å²) in [6, 6.07) is 8.25. The molecule has 4 nitrogen and oxygen atoms in total. The lowest BCUT2D eigenvalue weighted by Crippen LogP contribution is -2.47. The predicted molar refractivity (Wildman–Crippen MR) is 76.1 cm³/mol. The third-order valence-corrected chi connectivity index (χ3v) is 4.75. The summed E-state index contributed by atoms with van der Waals surface area (Å²) >= 11 is 0. The van der Waals surface area contributed by atoms with Crippen LogP contribution in [-0.4, -0.2) is 42.2 Å². The zero-order valence-electron chi connectivity index (χ0n) is 11.8. The van der Waals surface area contributed by atoms with Gasteiger partial charge in [0.05, 0.1) is 12.5 Å². The first-order chi connectivity index (χ1) is 9.65. The number of hydrogen-bond donors (Lipinski definition) is 1. The van der Waals surface area contributed by atoms with Gasteiger partial charge in [0.2, 0.25) is 0 Å². The molecular formula is C16H21NO3. The summed E-state index contributed by atoms with van der Waals surface area (Å²) in [5, 5.41) is 9.79. The molecule has 1 N–H and O–H groups in total. The fraction of sp³-hybridized carbons (Fsp3) is 0.562.